The SMILES string of the molecule is O=C(NC1CC1)c1ccc(Cn2cnc3ccccc3c2=O)cc1. The smallest absolute Gasteiger partial charge is 0.261 e. The van der Waals surface area contributed by atoms with Gasteiger partial charge < -0.3 is 5.32 Å². The molecule has 1 heterocycles. The van der Waals surface area contributed by atoms with Crippen LogP contribution in [0.2, 0.25) is 0 Å². The third-order valence-corrected chi connectivity index (χ3v) is 4.21. The molecule has 5 nitrogen and oxygen atoms in total. The van der Waals surface area contributed by atoms with Crippen molar-refractivity contribution in [2.24, 2.45) is 0 Å². The first kappa shape index (κ1) is 14.6. The summed E-state index contributed by atoms with van der Waals surface area (Å²) in [5.41, 5.74) is 2.24. The summed E-state index contributed by atoms with van der Waals surface area (Å²) < 4.78 is 1.58. The number of fused-ring (bicyclic) bond motifs is 1. The van der Waals surface area contributed by atoms with E-state index in [1.165, 1.54) is 0 Å². The van der Waals surface area contributed by atoms with Crippen molar-refractivity contribution in [3.05, 3.63) is 76.3 Å². The fraction of sp³-hybridized carbons (Fsp3) is 0.211. The minimum atomic E-state index is -0.0591. The van der Waals surface area contributed by atoms with Crippen molar-refractivity contribution in [2.45, 2.75) is 25.4 Å². The number of para-hydroxylation sites is 1. The average molecular weight is 319 g/mol. The zero-order chi connectivity index (χ0) is 16.5. The third-order valence-electron chi connectivity index (χ3n) is 4.21. The maximum Gasteiger partial charge on any atom is 0.261 e. The lowest BCUT2D eigenvalue weighted by Gasteiger charge is -2.08. The molecule has 1 amide bonds. The van der Waals surface area contributed by atoms with Crippen molar-refractivity contribution in [1.82, 2.24) is 14.9 Å². The summed E-state index contributed by atoms with van der Waals surface area (Å²) in [4.78, 5) is 28.8. The molecular formula is C19H17N3O2. The van der Waals surface area contributed by atoms with Crippen LogP contribution < -0.4 is 10.9 Å². The van der Waals surface area contributed by atoms with E-state index in [2.05, 4.69) is 10.3 Å². The Hall–Kier alpha value is -2.95. The van der Waals surface area contributed by atoms with Gasteiger partial charge in [-0.25, -0.2) is 4.98 Å². The molecule has 1 N–H and O–H groups in total. The standard InChI is InChI=1S/C19H17N3O2/c23-18(21-15-9-10-15)14-7-5-13(6-8-14)11-22-12-20-17-4-2-1-3-16(17)19(22)24/h1-8,12,15H,9-11H2,(H,21,23). The summed E-state index contributed by atoms with van der Waals surface area (Å²) in [5.74, 6) is -0.0337. The molecule has 1 saturated carbocycles. The molecule has 120 valence electrons. The van der Waals surface area contributed by atoms with Crippen LogP contribution in [0.1, 0.15) is 28.8 Å². The van der Waals surface area contributed by atoms with Gasteiger partial charge >= 0.3 is 0 Å². The van der Waals surface area contributed by atoms with Gasteiger partial charge in [-0.3, -0.25) is 14.2 Å². The van der Waals surface area contributed by atoms with E-state index in [1.54, 1.807) is 29.1 Å². The fourth-order valence-corrected chi connectivity index (χ4v) is 2.67. The molecule has 0 radical (unpaired) electrons. The van der Waals surface area contributed by atoms with E-state index < -0.39 is 0 Å². The average Bonchev–Trinajstić information content (AvgIpc) is 3.42. The zero-order valence-electron chi connectivity index (χ0n) is 13.1. The Labute approximate surface area is 139 Å². The van der Waals surface area contributed by atoms with Gasteiger partial charge in [0.05, 0.1) is 23.8 Å². The summed E-state index contributed by atoms with van der Waals surface area (Å²) in [5, 5.41) is 3.58. The van der Waals surface area contributed by atoms with Gasteiger partial charge in [0.2, 0.25) is 0 Å². The van der Waals surface area contributed by atoms with Crippen LogP contribution in [0.25, 0.3) is 10.9 Å². The van der Waals surface area contributed by atoms with Gasteiger partial charge in [-0.15, -0.1) is 0 Å². The quantitative estimate of drug-likeness (QED) is 0.803. The van der Waals surface area contributed by atoms with E-state index in [4.69, 9.17) is 0 Å². The number of rotatable bonds is 4. The van der Waals surface area contributed by atoms with Gasteiger partial charge in [0.15, 0.2) is 0 Å². The van der Waals surface area contributed by atoms with Crippen molar-refractivity contribution < 1.29 is 4.79 Å². The number of benzene rings is 2. The fourth-order valence-electron chi connectivity index (χ4n) is 2.67. The zero-order valence-corrected chi connectivity index (χ0v) is 13.1. The van der Waals surface area contributed by atoms with E-state index in [9.17, 15) is 9.59 Å². The number of nitrogens with zero attached hydrogens (tertiary/aromatic N) is 2. The highest BCUT2D eigenvalue weighted by Crippen LogP contribution is 2.19. The first-order chi connectivity index (χ1) is 11.7. The predicted molar refractivity (Wildman–Crippen MR) is 92.0 cm³/mol. The van der Waals surface area contributed by atoms with Crippen molar-refractivity contribution in [1.29, 1.82) is 0 Å². The highest BCUT2D eigenvalue weighted by Gasteiger charge is 2.23. The summed E-state index contributed by atoms with van der Waals surface area (Å²) in [7, 11) is 0. The summed E-state index contributed by atoms with van der Waals surface area (Å²) in [6.07, 6.45) is 3.71. The molecule has 0 bridgehead atoms. The number of carbonyl (C=O) groups is 1. The Morgan fingerprint density at radius 1 is 1.12 bits per heavy atom. The van der Waals surface area contributed by atoms with E-state index >= 15 is 0 Å². The van der Waals surface area contributed by atoms with Crippen LogP contribution in [0.15, 0.2) is 59.7 Å². The predicted octanol–water partition coefficient (Wildman–Crippen LogP) is 2.34. The monoisotopic (exact) mass is 319 g/mol. The second kappa shape index (κ2) is 5.92. The summed E-state index contributed by atoms with van der Waals surface area (Å²) in [6.45, 7) is 0.432. The Morgan fingerprint density at radius 3 is 2.62 bits per heavy atom. The van der Waals surface area contributed by atoms with Crippen molar-refractivity contribution in [2.75, 3.05) is 0 Å². The molecule has 0 atom stereocenters. The lowest BCUT2D eigenvalue weighted by atomic mass is 10.1. The van der Waals surface area contributed by atoms with Gasteiger partial charge in [-0.05, 0) is 42.7 Å². The Morgan fingerprint density at radius 2 is 1.88 bits per heavy atom. The van der Waals surface area contributed by atoms with Crippen LogP contribution in [0.5, 0.6) is 0 Å². The lowest BCUT2D eigenvalue weighted by molar-refractivity contribution is 0.0951. The first-order valence-corrected chi connectivity index (χ1v) is 8.05. The molecule has 0 saturated heterocycles. The lowest BCUT2D eigenvalue weighted by Crippen LogP contribution is -2.25. The summed E-state index contributed by atoms with van der Waals surface area (Å²) in [6, 6.07) is 15.0. The van der Waals surface area contributed by atoms with E-state index in [-0.39, 0.29) is 11.5 Å². The molecule has 5 heteroatoms. The first-order valence-electron chi connectivity index (χ1n) is 8.05. The van der Waals surface area contributed by atoms with Crippen LogP contribution in [0.3, 0.4) is 0 Å². The molecular weight excluding hydrogens is 302 g/mol. The van der Waals surface area contributed by atoms with E-state index in [1.807, 2.05) is 30.3 Å². The highest BCUT2D eigenvalue weighted by molar-refractivity contribution is 5.94. The molecule has 4 rings (SSSR count). The molecule has 1 aromatic heterocycles. The van der Waals surface area contributed by atoms with Gasteiger partial charge in [-0.2, -0.15) is 0 Å². The number of amides is 1. The van der Waals surface area contributed by atoms with E-state index in [0.29, 0.717) is 29.1 Å². The van der Waals surface area contributed by atoms with Gasteiger partial charge in [0, 0.05) is 11.6 Å². The molecule has 1 fully saturated rings. The molecule has 24 heavy (non-hydrogen) atoms. The molecule has 1 aliphatic rings. The third kappa shape index (κ3) is 2.93. The minimum Gasteiger partial charge on any atom is -0.349 e. The maximum atomic E-state index is 12.5. The molecule has 2 aromatic carbocycles. The van der Waals surface area contributed by atoms with Crippen LogP contribution in [0, 0.1) is 0 Å². The van der Waals surface area contributed by atoms with E-state index in [0.717, 1.165) is 18.4 Å². The molecule has 0 spiro atoms. The number of nitrogens with one attached hydrogen (secondary N) is 1. The number of hydrogen-bond acceptors (Lipinski definition) is 3. The maximum absolute atomic E-state index is 12.5. The Balaban J connectivity index is 1.55. The molecule has 1 aliphatic carbocycles. The largest absolute Gasteiger partial charge is 0.349 e. The molecule has 0 unspecified atom stereocenters. The van der Waals surface area contributed by atoms with Crippen molar-refractivity contribution in [3.8, 4) is 0 Å². The number of hydrogen-bond donors (Lipinski definition) is 1. The molecule has 3 aromatic rings. The topological polar surface area (TPSA) is 64.0 Å². The number of carbonyl (C=O) groups excluding carboxylic acids is 1. The summed E-state index contributed by atoms with van der Waals surface area (Å²) >= 11 is 0. The van der Waals surface area contributed by atoms with Crippen LogP contribution >= 0.6 is 0 Å². The van der Waals surface area contributed by atoms with Crippen molar-refractivity contribution in [3.63, 3.8) is 0 Å². The molecule has 0 aliphatic heterocycles. The Kier molecular flexibility index (Phi) is 3.61. The van der Waals surface area contributed by atoms with Crippen LogP contribution in [-0.4, -0.2) is 21.5 Å². The minimum absolute atomic E-state index is 0.0337. The second-order valence-corrected chi connectivity index (χ2v) is 6.14. The van der Waals surface area contributed by atoms with Gasteiger partial charge in [0.1, 0.15) is 0 Å². The van der Waals surface area contributed by atoms with Crippen LogP contribution in [0.4, 0.5) is 0 Å². The number of aromatic nitrogens is 2. The van der Waals surface area contributed by atoms with Gasteiger partial charge in [0.25, 0.3) is 11.5 Å². The second-order valence-electron chi connectivity index (χ2n) is 6.14. The van der Waals surface area contributed by atoms with Crippen molar-refractivity contribution >= 4 is 16.8 Å². The van der Waals surface area contributed by atoms with Crippen LogP contribution in [-0.2, 0) is 6.54 Å². The Bertz CT molecular complexity index is 956. The highest BCUT2D eigenvalue weighted by atomic mass is 16.1. The normalized spacial score (nSPS) is 13.8. The van der Waals surface area contributed by atoms with Gasteiger partial charge in [-0.1, -0.05) is 24.3 Å².